The molecule has 1 rings (SSSR count). The van der Waals surface area contributed by atoms with E-state index in [1.165, 1.54) is 26.4 Å². The van der Waals surface area contributed by atoms with Crippen molar-refractivity contribution in [2.75, 3.05) is 14.2 Å². The first-order valence-corrected chi connectivity index (χ1v) is 4.30. The molecule has 0 aromatic heterocycles. The summed E-state index contributed by atoms with van der Waals surface area (Å²) < 4.78 is 10.2. The van der Waals surface area contributed by atoms with Crippen LogP contribution in [-0.2, 0) is 0 Å². The summed E-state index contributed by atoms with van der Waals surface area (Å²) in [6.45, 7) is 1.83. The monoisotopic (exact) mass is 197 g/mol. The van der Waals surface area contributed by atoms with Crippen LogP contribution in [0.25, 0.3) is 0 Å². The molecular formula is C10H15NO3. The second kappa shape index (κ2) is 4.19. The van der Waals surface area contributed by atoms with Crippen LogP contribution in [0.1, 0.15) is 18.5 Å². The second-order valence-corrected chi connectivity index (χ2v) is 3.05. The highest BCUT2D eigenvalue weighted by Crippen LogP contribution is 2.36. The molecule has 0 aliphatic rings. The molecule has 0 bridgehead atoms. The molecule has 0 radical (unpaired) electrons. The molecule has 1 aromatic carbocycles. The molecule has 3 N–H and O–H groups in total. The number of nitrogens with two attached hydrogens (primary N) is 1. The first kappa shape index (κ1) is 10.7. The van der Waals surface area contributed by atoms with E-state index in [1.54, 1.807) is 0 Å². The molecule has 78 valence electrons. The van der Waals surface area contributed by atoms with Gasteiger partial charge in [0.1, 0.15) is 17.2 Å². The quantitative estimate of drug-likeness (QED) is 0.769. The van der Waals surface area contributed by atoms with Crippen molar-refractivity contribution in [2.45, 2.75) is 13.0 Å². The van der Waals surface area contributed by atoms with Crippen LogP contribution >= 0.6 is 0 Å². The standard InChI is InChI=1S/C10H15NO3/c1-6(11)10-8(13-2)4-7(12)5-9(10)14-3/h4-6,12H,11H2,1-3H3/t6-/m0/s1. The lowest BCUT2D eigenvalue weighted by Crippen LogP contribution is -2.08. The summed E-state index contributed by atoms with van der Waals surface area (Å²) in [6, 6.07) is 2.82. The average molecular weight is 197 g/mol. The fraction of sp³-hybridized carbons (Fsp3) is 0.400. The Bertz CT molecular complexity index is 298. The maximum atomic E-state index is 9.36. The molecule has 0 aliphatic carbocycles. The molecule has 0 unspecified atom stereocenters. The summed E-state index contributed by atoms with van der Waals surface area (Å²) in [7, 11) is 3.06. The van der Waals surface area contributed by atoms with Gasteiger partial charge in [-0.1, -0.05) is 0 Å². The lowest BCUT2D eigenvalue weighted by molar-refractivity contribution is 0.372. The van der Waals surface area contributed by atoms with E-state index in [1.807, 2.05) is 6.92 Å². The Morgan fingerprint density at radius 1 is 1.21 bits per heavy atom. The van der Waals surface area contributed by atoms with Gasteiger partial charge in [-0.15, -0.1) is 0 Å². The Morgan fingerprint density at radius 3 is 1.93 bits per heavy atom. The summed E-state index contributed by atoms with van der Waals surface area (Å²) in [5.74, 6) is 1.18. The van der Waals surface area contributed by atoms with Gasteiger partial charge in [-0.3, -0.25) is 0 Å². The number of benzene rings is 1. The van der Waals surface area contributed by atoms with Crippen molar-refractivity contribution in [3.63, 3.8) is 0 Å². The number of methoxy groups -OCH3 is 2. The third-order valence-electron chi connectivity index (χ3n) is 1.98. The number of rotatable bonds is 3. The van der Waals surface area contributed by atoms with Crippen LogP contribution in [0, 0.1) is 0 Å². The molecule has 0 amide bonds. The number of phenols is 1. The van der Waals surface area contributed by atoms with Crippen LogP contribution in [-0.4, -0.2) is 19.3 Å². The fourth-order valence-electron chi connectivity index (χ4n) is 1.37. The van der Waals surface area contributed by atoms with Crippen LogP contribution in [0.15, 0.2) is 12.1 Å². The van der Waals surface area contributed by atoms with Crippen molar-refractivity contribution in [2.24, 2.45) is 5.73 Å². The number of hydrogen-bond acceptors (Lipinski definition) is 4. The van der Waals surface area contributed by atoms with Gasteiger partial charge in [0.2, 0.25) is 0 Å². The van der Waals surface area contributed by atoms with Crippen molar-refractivity contribution in [3.8, 4) is 17.2 Å². The third kappa shape index (κ3) is 1.90. The van der Waals surface area contributed by atoms with Gasteiger partial charge in [-0.2, -0.15) is 0 Å². The van der Waals surface area contributed by atoms with Crippen molar-refractivity contribution in [1.82, 2.24) is 0 Å². The van der Waals surface area contributed by atoms with Crippen molar-refractivity contribution in [1.29, 1.82) is 0 Å². The summed E-state index contributed by atoms with van der Waals surface area (Å²) >= 11 is 0. The molecule has 1 aromatic rings. The van der Waals surface area contributed by atoms with Gasteiger partial charge < -0.3 is 20.3 Å². The number of aromatic hydroxyl groups is 1. The first-order valence-electron chi connectivity index (χ1n) is 4.30. The highest BCUT2D eigenvalue weighted by molar-refractivity contribution is 5.51. The topological polar surface area (TPSA) is 64.7 Å². The van der Waals surface area contributed by atoms with Crippen LogP contribution in [0.5, 0.6) is 17.2 Å². The van der Waals surface area contributed by atoms with Crippen LogP contribution < -0.4 is 15.2 Å². The fourth-order valence-corrected chi connectivity index (χ4v) is 1.37. The van der Waals surface area contributed by atoms with Crippen LogP contribution in [0.2, 0.25) is 0 Å². The van der Waals surface area contributed by atoms with Gasteiger partial charge in [-0.05, 0) is 6.92 Å². The molecule has 4 nitrogen and oxygen atoms in total. The molecule has 1 atom stereocenters. The SMILES string of the molecule is COc1cc(O)cc(OC)c1[C@H](C)N. The molecule has 14 heavy (non-hydrogen) atoms. The largest absolute Gasteiger partial charge is 0.508 e. The molecule has 4 heteroatoms. The summed E-state index contributed by atoms with van der Waals surface area (Å²) in [5, 5.41) is 9.36. The normalized spacial score (nSPS) is 12.3. The highest BCUT2D eigenvalue weighted by Gasteiger charge is 2.15. The summed E-state index contributed by atoms with van der Waals surface area (Å²) in [6.07, 6.45) is 0. The minimum absolute atomic E-state index is 0.100. The molecule has 0 heterocycles. The van der Waals surface area contributed by atoms with Crippen molar-refractivity contribution in [3.05, 3.63) is 17.7 Å². The third-order valence-corrected chi connectivity index (χ3v) is 1.98. The van der Waals surface area contributed by atoms with Gasteiger partial charge in [0, 0.05) is 18.2 Å². The molecule has 0 spiro atoms. The van der Waals surface area contributed by atoms with Gasteiger partial charge >= 0.3 is 0 Å². The van der Waals surface area contributed by atoms with Gasteiger partial charge in [0.15, 0.2) is 0 Å². The zero-order chi connectivity index (χ0) is 10.7. The highest BCUT2D eigenvalue weighted by atomic mass is 16.5. The maximum Gasteiger partial charge on any atom is 0.131 e. The Kier molecular flexibility index (Phi) is 3.19. The lowest BCUT2D eigenvalue weighted by atomic mass is 10.1. The molecule has 0 fully saturated rings. The number of ether oxygens (including phenoxy) is 2. The Hall–Kier alpha value is -1.42. The minimum atomic E-state index is -0.208. The number of hydrogen-bond donors (Lipinski definition) is 2. The van der Waals surface area contributed by atoms with Crippen molar-refractivity contribution >= 4 is 0 Å². The predicted molar refractivity (Wildman–Crippen MR) is 53.8 cm³/mol. The van der Waals surface area contributed by atoms with Crippen LogP contribution in [0.3, 0.4) is 0 Å². The predicted octanol–water partition coefficient (Wildman–Crippen LogP) is 1.43. The Labute approximate surface area is 83.3 Å². The molecule has 0 saturated heterocycles. The second-order valence-electron chi connectivity index (χ2n) is 3.05. The zero-order valence-electron chi connectivity index (χ0n) is 8.57. The van der Waals surface area contributed by atoms with E-state index in [0.29, 0.717) is 11.5 Å². The van der Waals surface area contributed by atoms with Crippen molar-refractivity contribution < 1.29 is 14.6 Å². The summed E-state index contributed by atoms with van der Waals surface area (Å²) in [4.78, 5) is 0. The molecular weight excluding hydrogens is 182 g/mol. The zero-order valence-corrected chi connectivity index (χ0v) is 8.57. The van der Waals surface area contributed by atoms with Gasteiger partial charge in [0.05, 0.1) is 19.8 Å². The van der Waals surface area contributed by atoms with E-state index in [-0.39, 0.29) is 11.8 Å². The molecule has 0 aliphatic heterocycles. The van der Waals surface area contributed by atoms with E-state index >= 15 is 0 Å². The maximum absolute atomic E-state index is 9.36. The van der Waals surface area contributed by atoms with Gasteiger partial charge in [0.25, 0.3) is 0 Å². The average Bonchev–Trinajstić information content (AvgIpc) is 2.15. The minimum Gasteiger partial charge on any atom is -0.508 e. The van der Waals surface area contributed by atoms with Crippen LogP contribution in [0.4, 0.5) is 0 Å². The first-order chi connectivity index (χ1) is 6.60. The van der Waals surface area contributed by atoms with E-state index < -0.39 is 0 Å². The van der Waals surface area contributed by atoms with E-state index in [0.717, 1.165) is 5.56 Å². The molecule has 0 saturated carbocycles. The van der Waals surface area contributed by atoms with E-state index in [4.69, 9.17) is 15.2 Å². The van der Waals surface area contributed by atoms with Gasteiger partial charge in [-0.25, -0.2) is 0 Å². The Balaban J connectivity index is 3.33. The summed E-state index contributed by atoms with van der Waals surface area (Å²) in [5.41, 5.74) is 6.53. The Morgan fingerprint density at radius 2 is 1.64 bits per heavy atom. The van der Waals surface area contributed by atoms with E-state index in [9.17, 15) is 5.11 Å². The number of phenolic OH excluding ortho intramolecular Hbond substituents is 1. The smallest absolute Gasteiger partial charge is 0.131 e. The lowest BCUT2D eigenvalue weighted by Gasteiger charge is -2.16. The van der Waals surface area contributed by atoms with E-state index in [2.05, 4.69) is 0 Å².